The van der Waals surface area contributed by atoms with E-state index in [0.29, 0.717) is 5.56 Å². The zero-order valence-electron chi connectivity index (χ0n) is 11.3. The van der Waals surface area contributed by atoms with E-state index >= 15 is 0 Å². The molecular weight excluding hydrogens is 268 g/mol. The van der Waals surface area contributed by atoms with Gasteiger partial charge in [-0.15, -0.1) is 11.3 Å². The molecule has 0 aliphatic heterocycles. The highest BCUT2D eigenvalue weighted by Crippen LogP contribution is 2.30. The van der Waals surface area contributed by atoms with Crippen molar-refractivity contribution in [1.82, 2.24) is 5.32 Å². The average Bonchev–Trinajstić information content (AvgIpc) is 3.00. The molecule has 20 heavy (non-hydrogen) atoms. The lowest BCUT2D eigenvalue weighted by molar-refractivity contribution is 0.1000. The van der Waals surface area contributed by atoms with Crippen molar-refractivity contribution in [1.29, 1.82) is 0 Å². The molecule has 104 valence electrons. The molecule has 2 aromatic rings. The number of benzene rings is 1. The van der Waals surface area contributed by atoms with Gasteiger partial charge in [0.05, 0.1) is 0 Å². The molecule has 0 bridgehead atoms. The van der Waals surface area contributed by atoms with Crippen LogP contribution in [0.3, 0.4) is 0 Å². The van der Waals surface area contributed by atoms with Crippen LogP contribution in [0, 0.1) is 0 Å². The second-order valence-corrected chi connectivity index (χ2v) is 6.40. The van der Waals surface area contributed by atoms with Gasteiger partial charge in [-0.3, -0.25) is 4.79 Å². The third-order valence-corrected chi connectivity index (χ3v) is 4.87. The van der Waals surface area contributed by atoms with Gasteiger partial charge < -0.3 is 11.1 Å². The van der Waals surface area contributed by atoms with Crippen molar-refractivity contribution in [3.8, 4) is 0 Å². The van der Waals surface area contributed by atoms with E-state index in [0.717, 1.165) is 18.7 Å². The third-order valence-electron chi connectivity index (χ3n) is 3.64. The van der Waals surface area contributed by atoms with Crippen LogP contribution in [0.1, 0.15) is 37.7 Å². The molecule has 1 aliphatic carbocycles. The molecule has 0 saturated heterocycles. The predicted octanol–water partition coefficient (Wildman–Crippen LogP) is 2.63. The van der Waals surface area contributed by atoms with E-state index in [1.54, 1.807) is 16.5 Å². The zero-order chi connectivity index (χ0) is 13.9. The third kappa shape index (κ3) is 2.92. The molecule has 1 aliphatic rings. The van der Waals surface area contributed by atoms with Gasteiger partial charge in [-0.25, -0.2) is 0 Å². The van der Waals surface area contributed by atoms with Crippen LogP contribution in [0.15, 0.2) is 30.3 Å². The molecule has 0 fully saturated rings. The van der Waals surface area contributed by atoms with Crippen LogP contribution in [0.4, 0.5) is 0 Å². The van der Waals surface area contributed by atoms with Gasteiger partial charge in [0.15, 0.2) is 0 Å². The maximum Gasteiger partial charge on any atom is 0.248 e. The number of aryl methyl sites for hydroxylation is 2. The van der Waals surface area contributed by atoms with E-state index < -0.39 is 0 Å². The number of carbonyl (C=O) groups is 1. The minimum Gasteiger partial charge on any atom is -0.366 e. The average molecular weight is 286 g/mol. The van der Waals surface area contributed by atoms with Gasteiger partial charge in [0.25, 0.3) is 0 Å². The summed E-state index contributed by atoms with van der Waals surface area (Å²) in [6.07, 6.45) is 3.81. The van der Waals surface area contributed by atoms with Crippen molar-refractivity contribution in [3.63, 3.8) is 0 Å². The molecule has 3 rings (SSSR count). The van der Waals surface area contributed by atoms with Gasteiger partial charge in [0.2, 0.25) is 5.91 Å². The Balaban J connectivity index is 1.56. The van der Waals surface area contributed by atoms with E-state index in [9.17, 15) is 4.79 Å². The van der Waals surface area contributed by atoms with E-state index in [4.69, 9.17) is 5.73 Å². The number of hydrogen-bond acceptors (Lipinski definition) is 3. The molecule has 0 spiro atoms. The fourth-order valence-electron chi connectivity index (χ4n) is 2.64. The van der Waals surface area contributed by atoms with Crippen molar-refractivity contribution >= 4 is 17.2 Å². The maximum atomic E-state index is 11.1. The molecule has 1 amide bonds. The Hall–Kier alpha value is -1.65. The number of thiophene rings is 1. The van der Waals surface area contributed by atoms with E-state index in [1.165, 1.54) is 24.1 Å². The number of hydrogen-bond donors (Lipinski definition) is 2. The number of primary amides is 1. The summed E-state index contributed by atoms with van der Waals surface area (Å²) < 4.78 is 0. The van der Waals surface area contributed by atoms with Crippen LogP contribution in [0.25, 0.3) is 0 Å². The van der Waals surface area contributed by atoms with Gasteiger partial charge in [0, 0.05) is 28.4 Å². The van der Waals surface area contributed by atoms with Gasteiger partial charge in [-0.05, 0) is 48.6 Å². The first-order valence-electron chi connectivity index (χ1n) is 6.92. The highest BCUT2D eigenvalue weighted by molar-refractivity contribution is 7.12. The lowest BCUT2D eigenvalue weighted by atomic mass is 10.1. The van der Waals surface area contributed by atoms with E-state index in [-0.39, 0.29) is 5.91 Å². The molecule has 0 radical (unpaired) electrons. The van der Waals surface area contributed by atoms with Crippen molar-refractivity contribution < 1.29 is 4.79 Å². The number of fused-ring (bicyclic) bond motifs is 1. The fraction of sp³-hybridized carbons (Fsp3) is 0.312. The second kappa shape index (κ2) is 5.77. The molecule has 0 atom stereocenters. The molecule has 1 heterocycles. The first-order chi connectivity index (χ1) is 9.72. The van der Waals surface area contributed by atoms with Crippen LogP contribution < -0.4 is 11.1 Å². The number of carbonyl (C=O) groups excluding carboxylic acids is 1. The molecule has 0 saturated carbocycles. The normalized spacial score (nSPS) is 13.4. The lowest BCUT2D eigenvalue weighted by Gasteiger charge is -2.05. The van der Waals surface area contributed by atoms with Gasteiger partial charge in [0.1, 0.15) is 0 Å². The number of nitrogens with two attached hydrogens (primary N) is 1. The monoisotopic (exact) mass is 286 g/mol. The molecular formula is C16H18N2OS. The number of rotatable bonds is 5. The van der Waals surface area contributed by atoms with Gasteiger partial charge in [-0.2, -0.15) is 0 Å². The zero-order valence-corrected chi connectivity index (χ0v) is 12.1. The Morgan fingerprint density at radius 2 is 2.15 bits per heavy atom. The van der Waals surface area contributed by atoms with Gasteiger partial charge in [-0.1, -0.05) is 12.1 Å². The Labute approximate surface area is 122 Å². The highest BCUT2D eigenvalue weighted by atomic mass is 32.1. The van der Waals surface area contributed by atoms with Crippen LogP contribution >= 0.6 is 11.3 Å². The van der Waals surface area contributed by atoms with E-state index in [2.05, 4.69) is 11.4 Å². The van der Waals surface area contributed by atoms with Crippen LogP contribution in [0.2, 0.25) is 0 Å². The summed E-state index contributed by atoms with van der Waals surface area (Å²) in [7, 11) is 0. The molecule has 3 N–H and O–H groups in total. The minimum absolute atomic E-state index is 0.374. The predicted molar refractivity (Wildman–Crippen MR) is 81.8 cm³/mol. The first kappa shape index (κ1) is 13.3. The Morgan fingerprint density at radius 3 is 2.95 bits per heavy atom. The van der Waals surface area contributed by atoms with Crippen molar-refractivity contribution in [2.24, 2.45) is 5.73 Å². The summed E-state index contributed by atoms with van der Waals surface area (Å²) >= 11 is 1.93. The van der Waals surface area contributed by atoms with E-state index in [1.807, 2.05) is 29.5 Å². The lowest BCUT2D eigenvalue weighted by Crippen LogP contribution is -2.14. The van der Waals surface area contributed by atoms with Crippen LogP contribution in [-0.2, 0) is 25.9 Å². The Morgan fingerprint density at radius 1 is 1.25 bits per heavy atom. The summed E-state index contributed by atoms with van der Waals surface area (Å²) in [5.41, 5.74) is 8.49. The second-order valence-electron chi connectivity index (χ2n) is 5.18. The first-order valence-corrected chi connectivity index (χ1v) is 7.74. The topological polar surface area (TPSA) is 55.1 Å². The molecule has 0 unspecified atom stereocenters. The maximum absolute atomic E-state index is 11.1. The fourth-order valence-corrected chi connectivity index (χ4v) is 3.87. The van der Waals surface area contributed by atoms with Crippen molar-refractivity contribution in [2.45, 2.75) is 32.4 Å². The standard InChI is InChI=1S/C16H18N2OS/c17-16(19)13-5-1-3-11(7-13)9-18-10-14-8-12-4-2-6-15(12)20-14/h1,3,5,7-8,18H,2,4,6,9-10H2,(H2,17,19). The largest absolute Gasteiger partial charge is 0.366 e. The van der Waals surface area contributed by atoms with Crippen LogP contribution in [-0.4, -0.2) is 5.91 Å². The van der Waals surface area contributed by atoms with Crippen molar-refractivity contribution in [3.05, 3.63) is 56.8 Å². The van der Waals surface area contributed by atoms with Crippen LogP contribution in [0.5, 0.6) is 0 Å². The summed E-state index contributed by atoms with van der Waals surface area (Å²) in [5.74, 6) is -0.374. The number of nitrogens with one attached hydrogen (secondary N) is 1. The Bertz CT molecular complexity index is 612. The molecule has 3 nitrogen and oxygen atoms in total. The molecule has 4 heteroatoms. The summed E-state index contributed by atoms with van der Waals surface area (Å²) in [6.45, 7) is 1.64. The molecule has 1 aromatic heterocycles. The number of amides is 1. The minimum atomic E-state index is -0.374. The van der Waals surface area contributed by atoms with Gasteiger partial charge >= 0.3 is 0 Å². The molecule has 1 aromatic carbocycles. The Kier molecular flexibility index (Phi) is 3.85. The highest BCUT2D eigenvalue weighted by Gasteiger charge is 2.14. The summed E-state index contributed by atoms with van der Waals surface area (Å²) in [4.78, 5) is 14.1. The smallest absolute Gasteiger partial charge is 0.248 e. The summed E-state index contributed by atoms with van der Waals surface area (Å²) in [6, 6.07) is 9.81. The summed E-state index contributed by atoms with van der Waals surface area (Å²) in [5, 5.41) is 3.43. The van der Waals surface area contributed by atoms with Crippen molar-refractivity contribution in [2.75, 3.05) is 0 Å². The SMILES string of the molecule is NC(=O)c1cccc(CNCc2cc3c(s2)CCC3)c1. The quantitative estimate of drug-likeness (QED) is 0.887.